The molecular weight excluding hydrogens is 324 g/mol. The fraction of sp³-hybridized carbons (Fsp3) is 0.353. The molecule has 3 rings (SSSR count). The number of hydrogen-bond donors (Lipinski definition) is 2. The predicted octanol–water partition coefficient (Wildman–Crippen LogP) is 2.92. The molecular formula is C17H20N4O2S. The van der Waals surface area contributed by atoms with E-state index in [4.69, 9.17) is 0 Å². The molecule has 1 saturated heterocycles. The molecule has 0 aliphatic carbocycles. The summed E-state index contributed by atoms with van der Waals surface area (Å²) in [7, 11) is 0. The highest BCUT2D eigenvalue weighted by Crippen LogP contribution is 2.28. The molecule has 1 aliphatic heterocycles. The van der Waals surface area contributed by atoms with Crippen LogP contribution in [-0.4, -0.2) is 45.2 Å². The minimum absolute atomic E-state index is 0.163. The normalized spacial score (nSPS) is 17.6. The van der Waals surface area contributed by atoms with Gasteiger partial charge in [-0.1, -0.05) is 0 Å². The van der Waals surface area contributed by atoms with Crippen LogP contribution in [0, 0.1) is 6.92 Å². The average molecular weight is 344 g/mol. The number of anilines is 1. The number of aryl methyl sites for hydroxylation is 1. The third kappa shape index (κ3) is 4.24. The van der Waals surface area contributed by atoms with Crippen LogP contribution in [0.25, 0.3) is 0 Å². The number of likely N-dealkylation sites (tertiary alicyclic amines) is 1. The molecule has 6 nitrogen and oxygen atoms in total. The Labute approximate surface area is 145 Å². The first-order valence-electron chi connectivity index (χ1n) is 7.91. The molecule has 0 unspecified atom stereocenters. The molecule has 24 heavy (non-hydrogen) atoms. The van der Waals surface area contributed by atoms with Gasteiger partial charge in [-0.2, -0.15) is 0 Å². The highest BCUT2D eigenvalue weighted by Gasteiger charge is 2.22. The van der Waals surface area contributed by atoms with Crippen molar-refractivity contribution in [1.82, 2.24) is 14.9 Å². The summed E-state index contributed by atoms with van der Waals surface area (Å²) < 4.78 is 0. The number of benzene rings is 1. The molecule has 1 aromatic carbocycles. The van der Waals surface area contributed by atoms with Crippen molar-refractivity contribution < 1.29 is 9.90 Å². The first kappa shape index (κ1) is 16.7. The SMILES string of the molecule is Cc1cc(Sc2ncccn2)ccc1NC(=O)N1CCC[C@@H](O)C1. The smallest absolute Gasteiger partial charge is 0.321 e. The molecule has 2 amide bonds. The van der Waals surface area contributed by atoms with Crippen molar-refractivity contribution in [2.75, 3.05) is 18.4 Å². The van der Waals surface area contributed by atoms with Crippen LogP contribution in [-0.2, 0) is 0 Å². The molecule has 2 aromatic rings. The van der Waals surface area contributed by atoms with Gasteiger partial charge in [-0.25, -0.2) is 14.8 Å². The Morgan fingerprint density at radius 2 is 2.17 bits per heavy atom. The Morgan fingerprint density at radius 3 is 2.88 bits per heavy atom. The highest BCUT2D eigenvalue weighted by molar-refractivity contribution is 7.99. The lowest BCUT2D eigenvalue weighted by atomic mass is 10.1. The van der Waals surface area contributed by atoms with Crippen molar-refractivity contribution in [2.45, 2.75) is 35.9 Å². The molecule has 1 aliphatic rings. The summed E-state index contributed by atoms with van der Waals surface area (Å²) in [4.78, 5) is 23.4. The molecule has 0 spiro atoms. The molecule has 7 heteroatoms. The Kier molecular flexibility index (Phi) is 5.32. The number of aliphatic hydroxyl groups is 1. The molecule has 126 valence electrons. The Morgan fingerprint density at radius 1 is 1.38 bits per heavy atom. The summed E-state index contributed by atoms with van der Waals surface area (Å²) in [6.45, 7) is 3.03. The van der Waals surface area contributed by atoms with Crippen LogP contribution in [0.5, 0.6) is 0 Å². The van der Waals surface area contributed by atoms with Gasteiger partial charge in [0.25, 0.3) is 0 Å². The van der Waals surface area contributed by atoms with E-state index in [-0.39, 0.29) is 6.03 Å². The number of aromatic nitrogens is 2. The third-order valence-electron chi connectivity index (χ3n) is 3.87. The van der Waals surface area contributed by atoms with E-state index >= 15 is 0 Å². The van der Waals surface area contributed by atoms with Crippen molar-refractivity contribution >= 4 is 23.5 Å². The van der Waals surface area contributed by atoms with Crippen LogP contribution in [0.15, 0.2) is 46.7 Å². The lowest BCUT2D eigenvalue weighted by molar-refractivity contribution is 0.0883. The summed E-state index contributed by atoms with van der Waals surface area (Å²) in [5, 5.41) is 13.3. The van der Waals surface area contributed by atoms with E-state index in [1.54, 1.807) is 23.4 Å². The van der Waals surface area contributed by atoms with Crippen LogP contribution in [0.2, 0.25) is 0 Å². The van der Waals surface area contributed by atoms with E-state index in [2.05, 4.69) is 15.3 Å². The second-order valence-electron chi connectivity index (χ2n) is 5.78. The molecule has 1 aromatic heterocycles. The number of piperidine rings is 1. The minimum atomic E-state index is -0.421. The monoisotopic (exact) mass is 344 g/mol. The fourth-order valence-corrected chi connectivity index (χ4v) is 3.43. The zero-order valence-corrected chi connectivity index (χ0v) is 14.3. The summed E-state index contributed by atoms with van der Waals surface area (Å²) in [5.74, 6) is 0. The van der Waals surface area contributed by atoms with Crippen molar-refractivity contribution in [3.05, 3.63) is 42.2 Å². The lowest BCUT2D eigenvalue weighted by Crippen LogP contribution is -2.44. The fourth-order valence-electron chi connectivity index (χ4n) is 2.62. The second-order valence-corrected chi connectivity index (χ2v) is 6.82. The Bertz CT molecular complexity index is 711. The first-order valence-corrected chi connectivity index (χ1v) is 8.73. The number of aliphatic hydroxyl groups excluding tert-OH is 1. The van der Waals surface area contributed by atoms with E-state index in [1.165, 1.54) is 11.8 Å². The van der Waals surface area contributed by atoms with Crippen molar-refractivity contribution in [1.29, 1.82) is 0 Å². The number of β-amino-alcohol motifs (C(OH)–C–C–N with tert-alkyl or cyclic N) is 1. The van der Waals surface area contributed by atoms with E-state index < -0.39 is 6.10 Å². The van der Waals surface area contributed by atoms with Crippen LogP contribution in [0.1, 0.15) is 18.4 Å². The quantitative estimate of drug-likeness (QED) is 0.837. The number of rotatable bonds is 3. The lowest BCUT2D eigenvalue weighted by Gasteiger charge is -2.30. The molecule has 2 heterocycles. The number of urea groups is 1. The van der Waals surface area contributed by atoms with Gasteiger partial charge in [0.2, 0.25) is 0 Å². The van der Waals surface area contributed by atoms with Crippen LogP contribution in [0.4, 0.5) is 10.5 Å². The van der Waals surface area contributed by atoms with E-state index in [0.717, 1.165) is 29.0 Å². The van der Waals surface area contributed by atoms with Crippen molar-refractivity contribution in [3.8, 4) is 0 Å². The van der Waals surface area contributed by atoms with Gasteiger partial charge in [0.1, 0.15) is 0 Å². The molecule has 2 N–H and O–H groups in total. The van der Waals surface area contributed by atoms with Gasteiger partial charge in [0.05, 0.1) is 6.10 Å². The Hall–Kier alpha value is -2.12. The zero-order chi connectivity index (χ0) is 16.9. The number of carbonyl (C=O) groups excluding carboxylic acids is 1. The number of amides is 2. The van der Waals surface area contributed by atoms with E-state index in [9.17, 15) is 9.90 Å². The largest absolute Gasteiger partial charge is 0.391 e. The second kappa shape index (κ2) is 7.63. The maximum absolute atomic E-state index is 12.3. The van der Waals surface area contributed by atoms with E-state index in [1.807, 2.05) is 25.1 Å². The van der Waals surface area contributed by atoms with Crippen LogP contribution >= 0.6 is 11.8 Å². The maximum Gasteiger partial charge on any atom is 0.321 e. The standard InChI is InChI=1S/C17H20N4O2S/c1-12-10-14(24-16-18-7-3-8-19-16)5-6-15(12)20-17(23)21-9-2-4-13(22)11-21/h3,5-8,10,13,22H,2,4,9,11H2,1H3,(H,20,23)/t13-/m1/s1. The summed E-state index contributed by atoms with van der Waals surface area (Å²) in [6.07, 6.45) is 4.60. The number of nitrogens with one attached hydrogen (secondary N) is 1. The van der Waals surface area contributed by atoms with Gasteiger partial charge in [-0.3, -0.25) is 0 Å². The topological polar surface area (TPSA) is 78.4 Å². The van der Waals surface area contributed by atoms with Gasteiger partial charge in [-0.15, -0.1) is 0 Å². The van der Waals surface area contributed by atoms with Crippen molar-refractivity contribution in [2.24, 2.45) is 0 Å². The number of hydrogen-bond acceptors (Lipinski definition) is 5. The molecule has 1 fully saturated rings. The molecule has 1 atom stereocenters. The van der Waals surface area contributed by atoms with Crippen LogP contribution < -0.4 is 5.32 Å². The number of nitrogens with zero attached hydrogens (tertiary/aromatic N) is 3. The molecule has 0 radical (unpaired) electrons. The van der Waals surface area contributed by atoms with E-state index in [0.29, 0.717) is 18.2 Å². The predicted molar refractivity (Wildman–Crippen MR) is 93.2 cm³/mol. The van der Waals surface area contributed by atoms with Gasteiger partial charge in [-0.05, 0) is 61.4 Å². The third-order valence-corrected chi connectivity index (χ3v) is 4.76. The Balaban J connectivity index is 1.65. The van der Waals surface area contributed by atoms with Crippen molar-refractivity contribution in [3.63, 3.8) is 0 Å². The zero-order valence-electron chi connectivity index (χ0n) is 13.5. The average Bonchev–Trinajstić information content (AvgIpc) is 2.58. The summed E-state index contributed by atoms with van der Waals surface area (Å²) in [6, 6.07) is 7.45. The highest BCUT2D eigenvalue weighted by atomic mass is 32.2. The van der Waals surface area contributed by atoms with Gasteiger partial charge in [0, 0.05) is 36.1 Å². The van der Waals surface area contributed by atoms with Gasteiger partial charge >= 0.3 is 6.03 Å². The van der Waals surface area contributed by atoms with Gasteiger partial charge in [0.15, 0.2) is 5.16 Å². The van der Waals surface area contributed by atoms with Gasteiger partial charge < -0.3 is 15.3 Å². The molecule has 0 bridgehead atoms. The van der Waals surface area contributed by atoms with Crippen LogP contribution in [0.3, 0.4) is 0 Å². The molecule has 0 saturated carbocycles. The minimum Gasteiger partial charge on any atom is -0.391 e. The summed E-state index contributed by atoms with van der Waals surface area (Å²) in [5.41, 5.74) is 1.75. The maximum atomic E-state index is 12.3. The number of carbonyl (C=O) groups is 1. The first-order chi connectivity index (χ1) is 11.6. The summed E-state index contributed by atoms with van der Waals surface area (Å²) >= 11 is 1.48.